The molecule has 110 valence electrons. The van der Waals surface area contributed by atoms with E-state index in [0.29, 0.717) is 0 Å². The summed E-state index contributed by atoms with van der Waals surface area (Å²) in [5.74, 6) is -5.27. The van der Waals surface area contributed by atoms with Crippen LogP contribution in [0.2, 0.25) is 5.15 Å². The van der Waals surface area contributed by atoms with E-state index in [1.807, 2.05) is 0 Å². The number of rotatable bonds is 5. The molecule has 0 saturated heterocycles. The zero-order valence-corrected chi connectivity index (χ0v) is 11.2. The first-order valence-electron chi connectivity index (χ1n) is 5.63. The molecule has 0 aromatic carbocycles. The van der Waals surface area contributed by atoms with Crippen LogP contribution < -0.4 is 0 Å². The number of nitrogens with zero attached hydrogens (tertiary/aromatic N) is 1. The summed E-state index contributed by atoms with van der Waals surface area (Å²) in [7, 11) is 0. The van der Waals surface area contributed by atoms with Gasteiger partial charge < -0.3 is 4.74 Å². The Morgan fingerprint density at radius 2 is 2.05 bits per heavy atom. The molecule has 0 aliphatic heterocycles. The Balaban J connectivity index is 2.96. The number of halogens is 4. The van der Waals surface area contributed by atoms with Gasteiger partial charge in [0.15, 0.2) is 0 Å². The molecule has 1 rings (SSSR count). The summed E-state index contributed by atoms with van der Waals surface area (Å²) in [4.78, 5) is 26.5. The van der Waals surface area contributed by atoms with Crippen LogP contribution in [-0.4, -0.2) is 29.5 Å². The number of carbonyl (C=O) groups excluding carboxylic acids is 2. The van der Waals surface area contributed by atoms with Crippen LogP contribution in [0.4, 0.5) is 13.2 Å². The number of alkyl halides is 3. The van der Waals surface area contributed by atoms with Gasteiger partial charge in [-0.1, -0.05) is 17.7 Å². The highest BCUT2D eigenvalue weighted by Crippen LogP contribution is 2.24. The monoisotopic (exact) mass is 309 g/mol. The third kappa shape index (κ3) is 4.48. The summed E-state index contributed by atoms with van der Waals surface area (Å²) >= 11 is 5.55. The molecule has 0 aliphatic rings. The number of hydrogen-bond donors (Lipinski definition) is 0. The third-order valence-electron chi connectivity index (χ3n) is 2.40. The number of esters is 1. The van der Waals surface area contributed by atoms with Gasteiger partial charge in [-0.15, -0.1) is 0 Å². The average molecular weight is 310 g/mol. The van der Waals surface area contributed by atoms with Crippen molar-refractivity contribution in [1.82, 2.24) is 4.98 Å². The molecule has 20 heavy (non-hydrogen) atoms. The molecule has 1 atom stereocenters. The average Bonchev–Trinajstić information content (AvgIpc) is 2.36. The van der Waals surface area contributed by atoms with E-state index in [9.17, 15) is 22.8 Å². The Morgan fingerprint density at radius 3 is 2.50 bits per heavy atom. The highest BCUT2D eigenvalue weighted by Gasteiger charge is 2.46. The van der Waals surface area contributed by atoms with Crippen molar-refractivity contribution in [2.75, 3.05) is 6.61 Å². The SMILES string of the molecule is CCOC(=O)C(Cc1ccc(Cl)nc1)C(=O)C(F)(F)F. The molecule has 0 aliphatic carbocycles. The number of ketones is 1. The predicted molar refractivity (Wildman–Crippen MR) is 64.1 cm³/mol. The van der Waals surface area contributed by atoms with Crippen molar-refractivity contribution >= 4 is 23.4 Å². The fourth-order valence-corrected chi connectivity index (χ4v) is 1.60. The molecule has 4 nitrogen and oxygen atoms in total. The summed E-state index contributed by atoms with van der Waals surface area (Å²) in [5, 5.41) is 0.156. The standard InChI is InChI=1S/C12H11ClF3NO3/c1-2-20-11(19)8(10(18)12(14,15)16)5-7-3-4-9(13)17-6-7/h3-4,6,8H,2,5H2,1H3. The Morgan fingerprint density at radius 1 is 1.40 bits per heavy atom. The van der Waals surface area contributed by atoms with E-state index >= 15 is 0 Å². The second kappa shape index (κ2) is 6.69. The summed E-state index contributed by atoms with van der Waals surface area (Å²) in [6, 6.07) is 2.75. The van der Waals surface area contributed by atoms with Crippen LogP contribution in [0.3, 0.4) is 0 Å². The molecule has 0 saturated carbocycles. The fraction of sp³-hybridized carbons (Fsp3) is 0.417. The van der Waals surface area contributed by atoms with Crippen LogP contribution in [0.5, 0.6) is 0 Å². The highest BCUT2D eigenvalue weighted by molar-refractivity contribution is 6.29. The number of pyridine rings is 1. The van der Waals surface area contributed by atoms with Crippen molar-refractivity contribution in [3.05, 3.63) is 29.0 Å². The molecule has 1 unspecified atom stereocenters. The largest absolute Gasteiger partial charge is 0.465 e. The van der Waals surface area contributed by atoms with Crippen LogP contribution in [0.1, 0.15) is 12.5 Å². The smallest absolute Gasteiger partial charge is 0.450 e. The minimum atomic E-state index is -5.10. The second-order valence-electron chi connectivity index (χ2n) is 3.86. The fourth-order valence-electron chi connectivity index (χ4n) is 1.49. The quantitative estimate of drug-likeness (QED) is 0.476. The van der Waals surface area contributed by atoms with E-state index < -0.39 is 30.3 Å². The van der Waals surface area contributed by atoms with E-state index in [2.05, 4.69) is 9.72 Å². The Labute approximate surface area is 117 Å². The number of aromatic nitrogens is 1. The summed E-state index contributed by atoms with van der Waals surface area (Å²) in [5.41, 5.74) is 0.282. The Hall–Kier alpha value is -1.63. The van der Waals surface area contributed by atoms with Gasteiger partial charge in [0.1, 0.15) is 11.1 Å². The number of hydrogen-bond acceptors (Lipinski definition) is 4. The summed E-state index contributed by atoms with van der Waals surface area (Å²) < 4.78 is 41.9. The zero-order chi connectivity index (χ0) is 15.3. The second-order valence-corrected chi connectivity index (χ2v) is 4.25. The van der Waals surface area contributed by atoms with Crippen LogP contribution in [0.15, 0.2) is 18.3 Å². The molecule has 1 aromatic heterocycles. The number of Topliss-reactive ketones (excluding diaryl/α,β-unsaturated/α-hetero) is 1. The maximum Gasteiger partial charge on any atom is 0.450 e. The molecule has 0 radical (unpaired) electrons. The van der Waals surface area contributed by atoms with Gasteiger partial charge in [-0.3, -0.25) is 9.59 Å². The Bertz CT molecular complexity index is 488. The molecule has 0 fully saturated rings. The lowest BCUT2D eigenvalue weighted by atomic mass is 9.96. The van der Waals surface area contributed by atoms with Gasteiger partial charge in [0.25, 0.3) is 5.78 Å². The maximum absolute atomic E-state index is 12.5. The van der Waals surface area contributed by atoms with Crippen molar-refractivity contribution in [3.63, 3.8) is 0 Å². The van der Waals surface area contributed by atoms with E-state index in [1.165, 1.54) is 25.3 Å². The normalized spacial score (nSPS) is 12.8. The predicted octanol–water partition coefficient (Wildman–Crippen LogP) is 2.59. The minimum absolute atomic E-state index is 0.112. The first-order chi connectivity index (χ1) is 9.25. The van der Waals surface area contributed by atoms with Gasteiger partial charge >= 0.3 is 12.1 Å². The van der Waals surface area contributed by atoms with Crippen molar-refractivity contribution in [2.45, 2.75) is 19.5 Å². The molecule has 0 amide bonds. The lowest BCUT2D eigenvalue weighted by molar-refractivity contribution is -0.180. The molecule has 1 heterocycles. The van der Waals surface area contributed by atoms with Crippen LogP contribution in [-0.2, 0) is 20.7 Å². The maximum atomic E-state index is 12.5. The molecule has 0 N–H and O–H groups in total. The van der Waals surface area contributed by atoms with E-state index in [1.54, 1.807) is 0 Å². The zero-order valence-electron chi connectivity index (χ0n) is 10.4. The van der Waals surface area contributed by atoms with Gasteiger partial charge in [-0.2, -0.15) is 13.2 Å². The first-order valence-corrected chi connectivity index (χ1v) is 6.01. The van der Waals surface area contributed by atoms with Crippen molar-refractivity contribution in [3.8, 4) is 0 Å². The first kappa shape index (κ1) is 16.4. The van der Waals surface area contributed by atoms with E-state index in [4.69, 9.17) is 11.6 Å². The van der Waals surface area contributed by atoms with Gasteiger partial charge in [0.05, 0.1) is 6.61 Å². The van der Waals surface area contributed by atoms with Crippen molar-refractivity contribution in [1.29, 1.82) is 0 Å². The van der Waals surface area contributed by atoms with Crippen LogP contribution in [0, 0.1) is 5.92 Å². The third-order valence-corrected chi connectivity index (χ3v) is 2.62. The van der Waals surface area contributed by atoms with Gasteiger partial charge in [-0.05, 0) is 25.0 Å². The van der Waals surface area contributed by atoms with Gasteiger partial charge in [0.2, 0.25) is 0 Å². The van der Waals surface area contributed by atoms with Crippen LogP contribution >= 0.6 is 11.6 Å². The highest BCUT2D eigenvalue weighted by atomic mass is 35.5. The molecule has 0 bridgehead atoms. The van der Waals surface area contributed by atoms with Gasteiger partial charge in [0, 0.05) is 6.20 Å². The van der Waals surface area contributed by atoms with E-state index in [-0.39, 0.29) is 17.3 Å². The topological polar surface area (TPSA) is 56.3 Å². The van der Waals surface area contributed by atoms with Crippen molar-refractivity contribution < 1.29 is 27.5 Å². The molecular formula is C12H11ClF3NO3. The molecule has 1 aromatic rings. The molecule has 0 spiro atoms. The van der Waals surface area contributed by atoms with E-state index in [0.717, 1.165) is 0 Å². The number of ether oxygens (including phenoxy) is 1. The van der Waals surface area contributed by atoms with Gasteiger partial charge in [-0.25, -0.2) is 4.98 Å². The minimum Gasteiger partial charge on any atom is -0.465 e. The summed E-state index contributed by atoms with van der Waals surface area (Å²) in [6.45, 7) is 1.33. The summed E-state index contributed by atoms with van der Waals surface area (Å²) in [6.07, 6.45) is -4.34. The molecular weight excluding hydrogens is 299 g/mol. The number of carbonyl (C=O) groups is 2. The van der Waals surface area contributed by atoms with Crippen molar-refractivity contribution in [2.24, 2.45) is 5.92 Å². The Kier molecular flexibility index (Phi) is 5.50. The lowest BCUT2D eigenvalue weighted by Gasteiger charge is -2.16. The van der Waals surface area contributed by atoms with Crippen LogP contribution in [0.25, 0.3) is 0 Å². The molecule has 8 heteroatoms. The lowest BCUT2D eigenvalue weighted by Crippen LogP contribution is -2.37.